The van der Waals surface area contributed by atoms with E-state index in [1.54, 1.807) is 17.8 Å². The summed E-state index contributed by atoms with van der Waals surface area (Å²) in [5.74, 6) is -0.318. The Bertz CT molecular complexity index is 408. The lowest BCUT2D eigenvalue weighted by Crippen LogP contribution is -2.29. The van der Waals surface area contributed by atoms with Gasteiger partial charge in [-0.15, -0.1) is 0 Å². The number of hydrogen-bond acceptors (Lipinski definition) is 3. The van der Waals surface area contributed by atoms with Gasteiger partial charge in [-0.1, -0.05) is 0 Å². The summed E-state index contributed by atoms with van der Waals surface area (Å²) < 4.78 is 1.67. The highest BCUT2D eigenvalue weighted by Crippen LogP contribution is 2.06. The minimum absolute atomic E-state index is 0.128. The summed E-state index contributed by atoms with van der Waals surface area (Å²) in [6, 6.07) is 1.44. The molecule has 0 unspecified atom stereocenters. The molecule has 1 aromatic heterocycles. The normalized spacial score (nSPS) is 10.1. The Morgan fingerprint density at radius 1 is 1.44 bits per heavy atom. The van der Waals surface area contributed by atoms with Gasteiger partial charge in [0.2, 0.25) is 0 Å². The van der Waals surface area contributed by atoms with Gasteiger partial charge in [-0.05, 0) is 19.8 Å². The minimum Gasteiger partial charge on any atom is -0.481 e. The van der Waals surface area contributed by atoms with Gasteiger partial charge in [-0.25, -0.2) is 4.79 Å². The summed E-state index contributed by atoms with van der Waals surface area (Å²) in [7, 11) is 1.80. The summed E-state index contributed by atoms with van der Waals surface area (Å²) in [6.45, 7) is 2.34. The molecule has 0 spiro atoms. The number of hydrogen-bond donors (Lipinski definition) is 3. The number of rotatable bonds is 6. The molecular weight excluding hydrogens is 236 g/mol. The van der Waals surface area contributed by atoms with Crippen LogP contribution in [-0.2, 0) is 11.8 Å². The SMILES string of the molecule is Cc1cc(NC(=O)NCCCCC(=O)O)nn1C. The molecular formula is C11H18N4O3. The van der Waals surface area contributed by atoms with E-state index in [2.05, 4.69) is 15.7 Å². The van der Waals surface area contributed by atoms with Gasteiger partial charge >= 0.3 is 12.0 Å². The molecule has 0 fully saturated rings. The first-order valence-corrected chi connectivity index (χ1v) is 5.76. The summed E-state index contributed by atoms with van der Waals surface area (Å²) in [6.07, 6.45) is 1.32. The first-order chi connectivity index (χ1) is 8.49. The van der Waals surface area contributed by atoms with Crippen molar-refractivity contribution in [3.63, 3.8) is 0 Å². The van der Waals surface area contributed by atoms with Crippen LogP contribution in [-0.4, -0.2) is 33.4 Å². The van der Waals surface area contributed by atoms with Gasteiger partial charge < -0.3 is 10.4 Å². The van der Waals surface area contributed by atoms with Gasteiger partial charge in [-0.3, -0.25) is 14.8 Å². The molecule has 0 radical (unpaired) electrons. The number of nitrogens with zero attached hydrogens (tertiary/aromatic N) is 2. The van der Waals surface area contributed by atoms with Crippen LogP contribution >= 0.6 is 0 Å². The third kappa shape index (κ3) is 4.86. The van der Waals surface area contributed by atoms with Crippen LogP contribution in [0.4, 0.5) is 10.6 Å². The molecule has 0 aliphatic heterocycles. The van der Waals surface area contributed by atoms with Crippen molar-refractivity contribution in [3.05, 3.63) is 11.8 Å². The van der Waals surface area contributed by atoms with Crippen molar-refractivity contribution in [2.75, 3.05) is 11.9 Å². The van der Waals surface area contributed by atoms with Crippen molar-refractivity contribution in [3.8, 4) is 0 Å². The maximum absolute atomic E-state index is 11.4. The van der Waals surface area contributed by atoms with Crippen LogP contribution in [0.5, 0.6) is 0 Å². The smallest absolute Gasteiger partial charge is 0.320 e. The Hall–Kier alpha value is -2.05. The lowest BCUT2D eigenvalue weighted by molar-refractivity contribution is -0.137. The Kier molecular flexibility index (Phi) is 5.16. The Morgan fingerprint density at radius 2 is 2.17 bits per heavy atom. The fraction of sp³-hybridized carbons (Fsp3) is 0.545. The van der Waals surface area contributed by atoms with Crippen molar-refractivity contribution in [1.29, 1.82) is 0 Å². The van der Waals surface area contributed by atoms with E-state index in [0.29, 0.717) is 25.2 Å². The van der Waals surface area contributed by atoms with Crippen molar-refractivity contribution in [1.82, 2.24) is 15.1 Å². The van der Waals surface area contributed by atoms with E-state index in [0.717, 1.165) is 5.69 Å². The van der Waals surface area contributed by atoms with Crippen LogP contribution in [0.25, 0.3) is 0 Å². The Balaban J connectivity index is 2.19. The molecule has 1 rings (SSSR count). The van der Waals surface area contributed by atoms with Crippen LogP contribution in [0, 0.1) is 6.92 Å². The molecule has 0 saturated carbocycles. The van der Waals surface area contributed by atoms with Gasteiger partial charge in [0.05, 0.1) is 0 Å². The number of amides is 2. The van der Waals surface area contributed by atoms with E-state index in [-0.39, 0.29) is 12.5 Å². The van der Waals surface area contributed by atoms with Crippen LogP contribution in [0.1, 0.15) is 25.0 Å². The number of anilines is 1. The summed E-state index contributed by atoms with van der Waals surface area (Å²) in [5.41, 5.74) is 0.951. The predicted octanol–water partition coefficient (Wildman–Crippen LogP) is 1.10. The van der Waals surface area contributed by atoms with Gasteiger partial charge in [-0.2, -0.15) is 5.10 Å². The Morgan fingerprint density at radius 3 is 2.72 bits per heavy atom. The number of nitrogens with one attached hydrogen (secondary N) is 2. The number of urea groups is 1. The average molecular weight is 254 g/mol. The van der Waals surface area contributed by atoms with Gasteiger partial charge in [0.1, 0.15) is 0 Å². The zero-order valence-corrected chi connectivity index (χ0v) is 10.6. The topological polar surface area (TPSA) is 96.2 Å². The van der Waals surface area contributed by atoms with Crippen LogP contribution < -0.4 is 10.6 Å². The van der Waals surface area contributed by atoms with Gasteiger partial charge in [0, 0.05) is 31.8 Å². The fourth-order valence-corrected chi connectivity index (χ4v) is 1.39. The number of aryl methyl sites for hydroxylation is 2. The molecule has 2 amide bonds. The number of unbranched alkanes of at least 4 members (excludes halogenated alkanes) is 1. The highest BCUT2D eigenvalue weighted by Gasteiger charge is 2.05. The van der Waals surface area contributed by atoms with Gasteiger partial charge in [0.15, 0.2) is 5.82 Å². The number of aliphatic carboxylic acids is 1. The van der Waals surface area contributed by atoms with Crippen molar-refractivity contribution >= 4 is 17.8 Å². The highest BCUT2D eigenvalue weighted by atomic mass is 16.4. The quantitative estimate of drug-likeness (QED) is 0.662. The predicted molar refractivity (Wildman–Crippen MR) is 66.5 cm³/mol. The van der Waals surface area contributed by atoms with Crippen LogP contribution in [0.3, 0.4) is 0 Å². The molecule has 0 saturated heterocycles. The summed E-state index contributed by atoms with van der Waals surface area (Å²) >= 11 is 0. The first-order valence-electron chi connectivity index (χ1n) is 5.76. The second-order valence-corrected chi connectivity index (χ2v) is 4.03. The minimum atomic E-state index is -0.816. The molecule has 0 aliphatic rings. The lowest BCUT2D eigenvalue weighted by atomic mass is 10.2. The molecule has 0 bridgehead atoms. The van der Waals surface area contributed by atoms with Crippen LogP contribution in [0.2, 0.25) is 0 Å². The second kappa shape index (κ2) is 6.63. The number of carbonyl (C=O) groups is 2. The third-order valence-corrected chi connectivity index (χ3v) is 2.46. The molecule has 1 heterocycles. The highest BCUT2D eigenvalue weighted by molar-refractivity contribution is 5.88. The van der Waals surface area contributed by atoms with E-state index >= 15 is 0 Å². The molecule has 0 atom stereocenters. The summed E-state index contributed by atoms with van der Waals surface area (Å²) in [4.78, 5) is 21.7. The van der Waals surface area contributed by atoms with Gasteiger partial charge in [0.25, 0.3) is 0 Å². The Labute approximate surface area is 105 Å². The van der Waals surface area contributed by atoms with Crippen LogP contribution in [0.15, 0.2) is 6.07 Å². The molecule has 18 heavy (non-hydrogen) atoms. The fourth-order valence-electron chi connectivity index (χ4n) is 1.39. The number of carboxylic acid groups (broad SMARTS) is 1. The lowest BCUT2D eigenvalue weighted by Gasteiger charge is -2.04. The third-order valence-electron chi connectivity index (χ3n) is 2.46. The zero-order valence-electron chi connectivity index (χ0n) is 10.6. The summed E-state index contributed by atoms with van der Waals surface area (Å²) in [5, 5.41) is 17.8. The van der Waals surface area contributed by atoms with E-state index in [4.69, 9.17) is 5.11 Å². The first kappa shape index (κ1) is 14.0. The van der Waals surface area contributed by atoms with E-state index in [1.165, 1.54) is 0 Å². The molecule has 0 aromatic carbocycles. The number of carbonyl (C=O) groups excluding carboxylic acids is 1. The largest absolute Gasteiger partial charge is 0.481 e. The number of carboxylic acids is 1. The van der Waals surface area contributed by atoms with E-state index in [1.807, 2.05) is 6.92 Å². The zero-order chi connectivity index (χ0) is 13.5. The van der Waals surface area contributed by atoms with E-state index < -0.39 is 5.97 Å². The molecule has 1 aromatic rings. The van der Waals surface area contributed by atoms with E-state index in [9.17, 15) is 9.59 Å². The standard InChI is InChI=1S/C11H18N4O3/c1-8-7-9(14-15(8)2)13-11(18)12-6-4-3-5-10(16)17/h7H,3-6H2,1-2H3,(H,16,17)(H2,12,13,14,18). The molecule has 100 valence electrons. The van der Waals surface area contributed by atoms with Crippen molar-refractivity contribution in [2.45, 2.75) is 26.2 Å². The monoisotopic (exact) mass is 254 g/mol. The molecule has 3 N–H and O–H groups in total. The molecule has 7 nitrogen and oxygen atoms in total. The average Bonchev–Trinajstić information content (AvgIpc) is 2.56. The van der Waals surface area contributed by atoms with Crippen molar-refractivity contribution in [2.24, 2.45) is 7.05 Å². The van der Waals surface area contributed by atoms with Crippen molar-refractivity contribution < 1.29 is 14.7 Å². The maximum Gasteiger partial charge on any atom is 0.320 e. The second-order valence-electron chi connectivity index (χ2n) is 4.03. The number of aromatic nitrogens is 2. The molecule has 0 aliphatic carbocycles. The molecule has 7 heteroatoms. The maximum atomic E-state index is 11.4.